The Balaban J connectivity index is 2.38. The lowest BCUT2D eigenvalue weighted by Crippen LogP contribution is -2.07. The molecule has 68 valence electrons. The fraction of sp³-hybridized carbons (Fsp3) is 0.100. The predicted molar refractivity (Wildman–Crippen MR) is 54.4 cm³/mol. The lowest BCUT2D eigenvalue weighted by Gasteiger charge is -2.09. The van der Waals surface area contributed by atoms with Crippen LogP contribution in [0.4, 0.5) is 0 Å². The highest BCUT2D eigenvalue weighted by molar-refractivity contribution is 6.02. The molecule has 0 aromatic carbocycles. The molecule has 0 amide bonds. The Labute approximate surface area is 80.2 Å². The number of hydrogen-bond donors (Lipinski definition) is 2. The number of imidazole rings is 1. The molecule has 3 rings (SSSR count). The van der Waals surface area contributed by atoms with Gasteiger partial charge in [0.05, 0.1) is 29.3 Å². The van der Waals surface area contributed by atoms with Gasteiger partial charge in [0.15, 0.2) is 0 Å². The number of rotatable bonds is 0. The van der Waals surface area contributed by atoms with E-state index in [1.54, 1.807) is 18.6 Å². The van der Waals surface area contributed by atoms with E-state index in [4.69, 9.17) is 5.41 Å². The highest BCUT2D eigenvalue weighted by atomic mass is 14.9. The van der Waals surface area contributed by atoms with Crippen LogP contribution in [0.25, 0.3) is 17.1 Å². The lowest BCUT2D eigenvalue weighted by molar-refractivity contribution is 1.13. The van der Waals surface area contributed by atoms with Crippen molar-refractivity contribution >= 4 is 22.8 Å². The van der Waals surface area contributed by atoms with Gasteiger partial charge in [-0.3, -0.25) is 4.98 Å². The van der Waals surface area contributed by atoms with Crippen molar-refractivity contribution in [2.24, 2.45) is 0 Å². The van der Waals surface area contributed by atoms with Crippen LogP contribution in [0, 0.1) is 5.41 Å². The Morgan fingerprint density at radius 3 is 3.14 bits per heavy atom. The summed E-state index contributed by atoms with van der Waals surface area (Å²) in [4.78, 5) is 11.6. The third kappa shape index (κ3) is 0.907. The molecule has 14 heavy (non-hydrogen) atoms. The van der Waals surface area contributed by atoms with Crippen LogP contribution in [0.15, 0.2) is 18.6 Å². The van der Waals surface area contributed by atoms with Crippen LogP contribution in [0.2, 0.25) is 0 Å². The minimum atomic E-state index is 0.597. The van der Waals surface area contributed by atoms with Gasteiger partial charge in [-0.15, -0.1) is 0 Å². The first-order valence-corrected chi connectivity index (χ1v) is 4.41. The Morgan fingerprint density at radius 2 is 2.21 bits per heavy atom. The monoisotopic (exact) mass is 184 g/mol. The van der Waals surface area contributed by atoms with E-state index in [0.29, 0.717) is 12.1 Å². The van der Waals surface area contributed by atoms with Gasteiger partial charge in [0.1, 0.15) is 0 Å². The van der Waals surface area contributed by atoms with Gasteiger partial charge in [-0.2, -0.15) is 0 Å². The van der Waals surface area contributed by atoms with Gasteiger partial charge in [0.25, 0.3) is 0 Å². The van der Waals surface area contributed by atoms with E-state index in [0.717, 1.165) is 22.3 Å². The second-order valence-electron chi connectivity index (χ2n) is 3.32. The first kappa shape index (κ1) is 7.44. The average Bonchev–Trinajstić information content (AvgIpc) is 2.65. The Morgan fingerprint density at radius 1 is 1.29 bits per heavy atom. The second-order valence-corrected chi connectivity index (χ2v) is 3.32. The van der Waals surface area contributed by atoms with Crippen molar-refractivity contribution in [2.75, 3.05) is 0 Å². The molecule has 0 atom stereocenters. The van der Waals surface area contributed by atoms with Gasteiger partial charge in [-0.25, -0.2) is 4.98 Å². The molecule has 4 nitrogen and oxygen atoms in total. The molecule has 0 bridgehead atoms. The maximum absolute atomic E-state index is 7.54. The SMILES string of the molecule is N=C1C=Cc2c(ncc3[nH]cnc23)C1. The number of hydrogen-bond acceptors (Lipinski definition) is 3. The van der Waals surface area contributed by atoms with Crippen molar-refractivity contribution < 1.29 is 0 Å². The van der Waals surface area contributed by atoms with Gasteiger partial charge in [0.2, 0.25) is 0 Å². The number of H-pyrrole nitrogens is 1. The van der Waals surface area contributed by atoms with E-state index in [1.165, 1.54) is 0 Å². The smallest absolute Gasteiger partial charge is 0.0989 e. The number of aromatic amines is 1. The molecular weight excluding hydrogens is 176 g/mol. The molecule has 0 radical (unpaired) electrons. The van der Waals surface area contributed by atoms with Gasteiger partial charge in [-0.1, -0.05) is 0 Å². The van der Waals surface area contributed by atoms with Crippen LogP contribution in [0.1, 0.15) is 11.3 Å². The molecule has 0 aliphatic heterocycles. The zero-order chi connectivity index (χ0) is 9.54. The maximum Gasteiger partial charge on any atom is 0.0989 e. The minimum Gasteiger partial charge on any atom is -0.343 e. The molecule has 1 aliphatic rings. The van der Waals surface area contributed by atoms with E-state index in [9.17, 15) is 0 Å². The van der Waals surface area contributed by atoms with Crippen LogP contribution in [0.5, 0.6) is 0 Å². The zero-order valence-electron chi connectivity index (χ0n) is 7.41. The molecule has 0 saturated heterocycles. The van der Waals surface area contributed by atoms with E-state index in [2.05, 4.69) is 15.0 Å². The Bertz CT molecular complexity index is 550. The van der Waals surface area contributed by atoms with E-state index < -0.39 is 0 Å². The Kier molecular flexibility index (Phi) is 1.33. The molecular formula is C10H8N4. The number of aromatic nitrogens is 3. The van der Waals surface area contributed by atoms with Crippen molar-refractivity contribution in [2.45, 2.75) is 6.42 Å². The van der Waals surface area contributed by atoms with Gasteiger partial charge in [0, 0.05) is 17.7 Å². The average molecular weight is 184 g/mol. The van der Waals surface area contributed by atoms with Crippen LogP contribution >= 0.6 is 0 Å². The standard InChI is InChI=1S/C10H8N4/c11-6-1-2-7-8(3-6)12-4-9-10(7)14-5-13-9/h1-2,4-5,11H,3H2,(H,13,14). The molecule has 2 heterocycles. The second kappa shape index (κ2) is 2.51. The summed E-state index contributed by atoms with van der Waals surface area (Å²) in [5.41, 5.74) is 4.47. The third-order valence-electron chi connectivity index (χ3n) is 2.39. The highest BCUT2D eigenvalue weighted by Crippen LogP contribution is 2.22. The first-order valence-electron chi connectivity index (χ1n) is 4.41. The molecule has 0 unspecified atom stereocenters. The Hall–Kier alpha value is -1.97. The highest BCUT2D eigenvalue weighted by Gasteiger charge is 2.13. The lowest BCUT2D eigenvalue weighted by atomic mass is 10.0. The molecule has 1 aliphatic carbocycles. The molecule has 0 fully saturated rings. The molecule has 0 saturated carbocycles. The molecule has 2 N–H and O–H groups in total. The summed E-state index contributed by atoms with van der Waals surface area (Å²) in [5.74, 6) is 0. The van der Waals surface area contributed by atoms with Crippen molar-refractivity contribution in [3.63, 3.8) is 0 Å². The van der Waals surface area contributed by atoms with Crippen LogP contribution in [-0.4, -0.2) is 20.7 Å². The van der Waals surface area contributed by atoms with E-state index >= 15 is 0 Å². The summed E-state index contributed by atoms with van der Waals surface area (Å²) in [7, 11) is 0. The van der Waals surface area contributed by atoms with Crippen LogP contribution in [-0.2, 0) is 6.42 Å². The predicted octanol–water partition coefficient (Wildman–Crippen LogP) is 1.55. The fourth-order valence-electron chi connectivity index (χ4n) is 1.71. The summed E-state index contributed by atoms with van der Waals surface area (Å²) >= 11 is 0. The maximum atomic E-state index is 7.54. The third-order valence-corrected chi connectivity index (χ3v) is 2.39. The fourth-order valence-corrected chi connectivity index (χ4v) is 1.71. The van der Waals surface area contributed by atoms with E-state index in [-0.39, 0.29) is 0 Å². The topological polar surface area (TPSA) is 65.4 Å². The molecule has 2 aromatic heterocycles. The van der Waals surface area contributed by atoms with Crippen LogP contribution < -0.4 is 0 Å². The number of fused-ring (bicyclic) bond motifs is 3. The quantitative estimate of drug-likeness (QED) is 0.652. The molecule has 4 heteroatoms. The number of allylic oxidation sites excluding steroid dienone is 1. The van der Waals surface area contributed by atoms with Crippen molar-refractivity contribution in [1.29, 1.82) is 5.41 Å². The number of nitrogens with one attached hydrogen (secondary N) is 2. The van der Waals surface area contributed by atoms with Crippen LogP contribution in [0.3, 0.4) is 0 Å². The summed E-state index contributed by atoms with van der Waals surface area (Å²) in [6.45, 7) is 0. The molecule has 2 aromatic rings. The first-order chi connectivity index (χ1) is 6.84. The van der Waals surface area contributed by atoms with Crippen molar-refractivity contribution in [3.05, 3.63) is 29.9 Å². The largest absolute Gasteiger partial charge is 0.343 e. The summed E-state index contributed by atoms with van der Waals surface area (Å²) in [6, 6.07) is 0. The number of pyridine rings is 1. The van der Waals surface area contributed by atoms with Gasteiger partial charge in [-0.05, 0) is 12.2 Å². The summed E-state index contributed by atoms with van der Waals surface area (Å²) in [6.07, 6.45) is 7.76. The molecule has 0 spiro atoms. The van der Waals surface area contributed by atoms with Gasteiger partial charge >= 0.3 is 0 Å². The minimum absolute atomic E-state index is 0.597. The van der Waals surface area contributed by atoms with Crippen molar-refractivity contribution in [3.8, 4) is 0 Å². The summed E-state index contributed by atoms with van der Waals surface area (Å²) < 4.78 is 0. The normalized spacial score (nSPS) is 14.7. The zero-order valence-corrected chi connectivity index (χ0v) is 7.41. The van der Waals surface area contributed by atoms with Gasteiger partial charge < -0.3 is 10.4 Å². The summed E-state index contributed by atoms with van der Waals surface area (Å²) in [5, 5.41) is 7.54. The van der Waals surface area contributed by atoms with E-state index in [1.807, 2.05) is 6.08 Å². The number of nitrogens with zero attached hydrogens (tertiary/aromatic N) is 2. The van der Waals surface area contributed by atoms with Crippen molar-refractivity contribution in [1.82, 2.24) is 15.0 Å².